The number of hydrogen-bond acceptors (Lipinski definition) is 4. The fourth-order valence-electron chi connectivity index (χ4n) is 3.28. The van der Waals surface area contributed by atoms with Gasteiger partial charge in [0.05, 0.1) is 17.7 Å². The van der Waals surface area contributed by atoms with E-state index in [1.165, 1.54) is 4.90 Å². The molecule has 3 rings (SSSR count). The summed E-state index contributed by atoms with van der Waals surface area (Å²) in [6, 6.07) is 1.81. The zero-order valence-electron chi connectivity index (χ0n) is 13.1. The summed E-state index contributed by atoms with van der Waals surface area (Å²) >= 11 is 0. The number of hydrogen-bond donors (Lipinski definition) is 0. The van der Waals surface area contributed by atoms with Gasteiger partial charge in [0.1, 0.15) is 0 Å². The second-order valence-corrected chi connectivity index (χ2v) is 6.68. The first-order chi connectivity index (χ1) is 10.4. The first-order valence-corrected chi connectivity index (χ1v) is 7.52. The quantitative estimate of drug-likeness (QED) is 0.810. The molecule has 1 aliphatic heterocycles. The van der Waals surface area contributed by atoms with Crippen molar-refractivity contribution in [2.24, 2.45) is 11.3 Å². The SMILES string of the molecule is CC(C)CC1(C)CC(=O)N(Cc2cn3cccnc3n2)C1=O. The Labute approximate surface area is 129 Å². The summed E-state index contributed by atoms with van der Waals surface area (Å²) in [6.45, 7) is 6.24. The van der Waals surface area contributed by atoms with Crippen molar-refractivity contribution >= 4 is 17.6 Å². The molecule has 0 aliphatic carbocycles. The molecule has 2 amide bonds. The van der Waals surface area contributed by atoms with Crippen LogP contribution in [0.5, 0.6) is 0 Å². The second-order valence-electron chi connectivity index (χ2n) is 6.68. The highest BCUT2D eigenvalue weighted by Crippen LogP contribution is 2.38. The Bertz CT molecular complexity index is 704. The normalized spacial score (nSPS) is 22.3. The number of amides is 2. The maximum Gasteiger partial charge on any atom is 0.236 e. The maximum atomic E-state index is 12.6. The van der Waals surface area contributed by atoms with Gasteiger partial charge in [-0.3, -0.25) is 18.9 Å². The predicted molar refractivity (Wildman–Crippen MR) is 80.7 cm³/mol. The van der Waals surface area contributed by atoms with Crippen LogP contribution in [0.15, 0.2) is 24.7 Å². The summed E-state index contributed by atoms with van der Waals surface area (Å²) in [4.78, 5) is 34.7. The number of aromatic nitrogens is 3. The molecule has 2 aromatic heterocycles. The third-order valence-corrected chi connectivity index (χ3v) is 4.07. The number of nitrogens with zero attached hydrogens (tertiary/aromatic N) is 4. The van der Waals surface area contributed by atoms with Crippen molar-refractivity contribution in [3.05, 3.63) is 30.4 Å². The summed E-state index contributed by atoms with van der Waals surface area (Å²) in [7, 11) is 0. The Morgan fingerprint density at radius 1 is 1.36 bits per heavy atom. The van der Waals surface area contributed by atoms with Crippen molar-refractivity contribution < 1.29 is 9.59 Å². The lowest BCUT2D eigenvalue weighted by atomic mass is 9.80. The lowest BCUT2D eigenvalue weighted by Gasteiger charge is -2.23. The molecule has 1 aliphatic rings. The van der Waals surface area contributed by atoms with Crippen LogP contribution in [-0.4, -0.2) is 31.1 Å². The largest absolute Gasteiger partial charge is 0.291 e. The zero-order valence-corrected chi connectivity index (χ0v) is 13.1. The van der Waals surface area contributed by atoms with Gasteiger partial charge in [-0.15, -0.1) is 0 Å². The topological polar surface area (TPSA) is 67.6 Å². The number of carbonyl (C=O) groups excluding carboxylic acids is 2. The highest BCUT2D eigenvalue weighted by Gasteiger charge is 2.48. The van der Waals surface area contributed by atoms with E-state index < -0.39 is 5.41 Å². The van der Waals surface area contributed by atoms with Gasteiger partial charge in [0.2, 0.25) is 17.6 Å². The molecular formula is C16H20N4O2. The molecule has 0 saturated carbocycles. The number of imide groups is 1. The molecule has 0 radical (unpaired) electrons. The van der Waals surface area contributed by atoms with E-state index in [1.54, 1.807) is 16.8 Å². The van der Waals surface area contributed by atoms with Crippen LogP contribution in [0.3, 0.4) is 0 Å². The minimum atomic E-state index is -0.581. The summed E-state index contributed by atoms with van der Waals surface area (Å²) in [5.74, 6) is 0.747. The first-order valence-electron chi connectivity index (χ1n) is 7.52. The Kier molecular flexibility index (Phi) is 3.47. The Hall–Kier alpha value is -2.24. The van der Waals surface area contributed by atoms with Gasteiger partial charge in [0.15, 0.2) is 0 Å². The summed E-state index contributed by atoms with van der Waals surface area (Å²) in [5, 5.41) is 0. The molecule has 0 bridgehead atoms. The van der Waals surface area contributed by atoms with Crippen LogP contribution in [0.2, 0.25) is 0 Å². The van der Waals surface area contributed by atoms with Crippen molar-refractivity contribution in [1.82, 2.24) is 19.3 Å². The summed E-state index contributed by atoms with van der Waals surface area (Å²) in [6.07, 6.45) is 6.32. The molecule has 1 saturated heterocycles. The van der Waals surface area contributed by atoms with Crippen LogP contribution in [-0.2, 0) is 16.1 Å². The van der Waals surface area contributed by atoms with Gasteiger partial charge >= 0.3 is 0 Å². The molecule has 2 aromatic rings. The van der Waals surface area contributed by atoms with Gasteiger partial charge in [-0.2, -0.15) is 0 Å². The van der Waals surface area contributed by atoms with E-state index in [9.17, 15) is 9.59 Å². The van der Waals surface area contributed by atoms with Gasteiger partial charge in [-0.05, 0) is 18.4 Å². The summed E-state index contributed by atoms with van der Waals surface area (Å²) < 4.78 is 1.79. The van der Waals surface area contributed by atoms with E-state index in [0.29, 0.717) is 17.4 Å². The van der Waals surface area contributed by atoms with E-state index in [-0.39, 0.29) is 24.8 Å². The molecule has 1 atom stereocenters. The molecule has 0 spiro atoms. The van der Waals surface area contributed by atoms with Gasteiger partial charge < -0.3 is 0 Å². The molecule has 1 unspecified atom stereocenters. The van der Waals surface area contributed by atoms with E-state index >= 15 is 0 Å². The van der Waals surface area contributed by atoms with Crippen LogP contribution in [0.4, 0.5) is 0 Å². The van der Waals surface area contributed by atoms with Gasteiger partial charge in [0, 0.05) is 25.0 Å². The fourth-order valence-corrected chi connectivity index (χ4v) is 3.28. The smallest absolute Gasteiger partial charge is 0.236 e. The van der Waals surface area contributed by atoms with Crippen molar-refractivity contribution in [3.8, 4) is 0 Å². The number of fused-ring (bicyclic) bond motifs is 1. The number of carbonyl (C=O) groups is 2. The third-order valence-electron chi connectivity index (χ3n) is 4.07. The predicted octanol–water partition coefficient (Wildman–Crippen LogP) is 2.04. The van der Waals surface area contributed by atoms with Crippen LogP contribution < -0.4 is 0 Å². The van der Waals surface area contributed by atoms with E-state index in [4.69, 9.17) is 0 Å². The Morgan fingerprint density at radius 3 is 2.82 bits per heavy atom. The molecule has 3 heterocycles. The molecule has 22 heavy (non-hydrogen) atoms. The van der Waals surface area contributed by atoms with Gasteiger partial charge in [-0.25, -0.2) is 9.97 Å². The number of likely N-dealkylation sites (tertiary alicyclic amines) is 1. The minimum absolute atomic E-state index is 0.0868. The van der Waals surface area contributed by atoms with Crippen molar-refractivity contribution in [2.45, 2.75) is 40.2 Å². The van der Waals surface area contributed by atoms with Crippen LogP contribution in [0, 0.1) is 11.3 Å². The highest BCUT2D eigenvalue weighted by molar-refractivity contribution is 6.05. The van der Waals surface area contributed by atoms with Gasteiger partial charge in [-0.1, -0.05) is 20.8 Å². The number of rotatable bonds is 4. The molecule has 0 N–H and O–H groups in total. The molecule has 0 aromatic carbocycles. The zero-order chi connectivity index (χ0) is 15.9. The van der Waals surface area contributed by atoms with Crippen LogP contribution in [0.25, 0.3) is 5.78 Å². The first kappa shape index (κ1) is 14.7. The maximum absolute atomic E-state index is 12.6. The average Bonchev–Trinajstić information content (AvgIpc) is 2.92. The molecule has 6 nitrogen and oxygen atoms in total. The van der Waals surface area contributed by atoms with Gasteiger partial charge in [0.25, 0.3) is 0 Å². The minimum Gasteiger partial charge on any atom is -0.291 e. The van der Waals surface area contributed by atoms with Crippen molar-refractivity contribution in [2.75, 3.05) is 0 Å². The molecular weight excluding hydrogens is 280 g/mol. The van der Waals surface area contributed by atoms with E-state index in [0.717, 1.165) is 6.42 Å². The van der Waals surface area contributed by atoms with Crippen molar-refractivity contribution in [3.63, 3.8) is 0 Å². The highest BCUT2D eigenvalue weighted by atomic mass is 16.2. The van der Waals surface area contributed by atoms with Crippen molar-refractivity contribution in [1.29, 1.82) is 0 Å². The van der Waals surface area contributed by atoms with E-state index in [2.05, 4.69) is 23.8 Å². The average molecular weight is 300 g/mol. The fraction of sp³-hybridized carbons (Fsp3) is 0.500. The Balaban J connectivity index is 1.83. The second kappa shape index (κ2) is 5.19. The molecule has 116 valence electrons. The number of imidazole rings is 1. The van der Waals surface area contributed by atoms with E-state index in [1.807, 2.05) is 19.2 Å². The Morgan fingerprint density at radius 2 is 2.14 bits per heavy atom. The molecule has 1 fully saturated rings. The third kappa shape index (κ3) is 2.49. The summed E-state index contributed by atoms with van der Waals surface area (Å²) in [5.41, 5.74) is 0.0945. The van der Waals surface area contributed by atoms with Crippen LogP contribution in [0.1, 0.15) is 39.3 Å². The lowest BCUT2D eigenvalue weighted by molar-refractivity contribution is -0.142. The van der Waals surface area contributed by atoms with Crippen LogP contribution >= 0.6 is 0 Å². The monoisotopic (exact) mass is 300 g/mol. The molecule has 6 heteroatoms. The standard InChI is InChI=1S/C16H20N4O2/c1-11(2)7-16(3)8-13(21)20(14(16)22)10-12-9-19-6-4-5-17-15(19)18-12/h4-6,9,11H,7-8,10H2,1-3H3. The lowest BCUT2D eigenvalue weighted by Crippen LogP contribution is -2.34.